The smallest absolute Gasteiger partial charge is 0.376 e. The Bertz CT molecular complexity index is 342. The first-order valence-electron chi connectivity index (χ1n) is 3.87. The van der Waals surface area contributed by atoms with Crippen LogP contribution in [0, 0.1) is 13.8 Å². The van der Waals surface area contributed by atoms with Crippen molar-refractivity contribution in [2.45, 2.75) is 13.8 Å². The second kappa shape index (κ2) is 3.85. The number of hydrogen-bond acceptors (Lipinski definition) is 3. The first-order valence-corrected chi connectivity index (χ1v) is 3.87. The molecule has 0 aromatic heterocycles. The molecule has 1 aromatic carbocycles. The van der Waals surface area contributed by atoms with E-state index in [4.69, 9.17) is 4.74 Å². The van der Waals surface area contributed by atoms with Crippen molar-refractivity contribution in [3.63, 3.8) is 0 Å². The Morgan fingerprint density at radius 3 is 2.54 bits per heavy atom. The third-order valence-corrected chi connectivity index (χ3v) is 1.79. The van der Waals surface area contributed by atoms with Crippen LogP contribution in [0.25, 0.3) is 0 Å². The summed E-state index contributed by atoms with van der Waals surface area (Å²) in [5.41, 5.74) is 2.14. The van der Waals surface area contributed by atoms with Gasteiger partial charge in [0.1, 0.15) is 5.75 Å². The molecule has 0 aliphatic heterocycles. The number of aryl methyl sites for hydroxylation is 2. The molecule has 0 bridgehead atoms. The summed E-state index contributed by atoms with van der Waals surface area (Å²) in [6.07, 6.45) is 0.148. The highest BCUT2D eigenvalue weighted by Crippen LogP contribution is 2.16. The summed E-state index contributed by atoms with van der Waals surface area (Å²) in [5.74, 6) is -0.469. The number of esters is 1. The van der Waals surface area contributed by atoms with Crippen LogP contribution in [0.5, 0.6) is 5.75 Å². The van der Waals surface area contributed by atoms with Crippen LogP contribution in [0.15, 0.2) is 18.2 Å². The topological polar surface area (TPSA) is 43.4 Å². The molecule has 13 heavy (non-hydrogen) atoms. The molecule has 0 spiro atoms. The van der Waals surface area contributed by atoms with Crippen molar-refractivity contribution in [1.82, 2.24) is 0 Å². The summed E-state index contributed by atoms with van der Waals surface area (Å²) in [7, 11) is 0. The molecule has 3 nitrogen and oxygen atoms in total. The van der Waals surface area contributed by atoms with Gasteiger partial charge in [0.15, 0.2) is 0 Å². The monoisotopic (exact) mass is 178 g/mol. The lowest BCUT2D eigenvalue weighted by Gasteiger charge is -2.03. The van der Waals surface area contributed by atoms with Gasteiger partial charge in [-0.2, -0.15) is 0 Å². The van der Waals surface area contributed by atoms with E-state index in [1.165, 1.54) is 0 Å². The van der Waals surface area contributed by atoms with E-state index in [0.717, 1.165) is 11.1 Å². The molecular formula is C10H10O3. The summed E-state index contributed by atoms with van der Waals surface area (Å²) in [6, 6.07) is 5.21. The third-order valence-electron chi connectivity index (χ3n) is 1.79. The molecule has 0 N–H and O–H groups in total. The zero-order chi connectivity index (χ0) is 9.84. The van der Waals surface area contributed by atoms with Crippen LogP contribution in [-0.4, -0.2) is 12.3 Å². The van der Waals surface area contributed by atoms with Gasteiger partial charge in [-0.3, -0.25) is 4.79 Å². The minimum Gasteiger partial charge on any atom is -0.421 e. The average Bonchev–Trinajstić information content (AvgIpc) is 2.11. The molecule has 68 valence electrons. The standard InChI is InChI=1S/C10H10O3/c1-7-3-4-9(5-8(7)2)13-10(12)6-11/h3-6H,1-2H3. The predicted molar refractivity (Wildman–Crippen MR) is 47.6 cm³/mol. The largest absolute Gasteiger partial charge is 0.421 e. The van der Waals surface area contributed by atoms with Gasteiger partial charge in [0.25, 0.3) is 0 Å². The second-order valence-electron chi connectivity index (χ2n) is 2.79. The van der Waals surface area contributed by atoms with Gasteiger partial charge in [-0.1, -0.05) is 6.07 Å². The maximum Gasteiger partial charge on any atom is 0.376 e. The van der Waals surface area contributed by atoms with Gasteiger partial charge in [-0.15, -0.1) is 0 Å². The highest BCUT2D eigenvalue weighted by Gasteiger charge is 2.02. The molecule has 3 heteroatoms. The number of aldehydes is 1. The van der Waals surface area contributed by atoms with Crippen molar-refractivity contribution >= 4 is 12.3 Å². The van der Waals surface area contributed by atoms with Gasteiger partial charge in [0.05, 0.1) is 0 Å². The van der Waals surface area contributed by atoms with Crippen molar-refractivity contribution in [3.05, 3.63) is 29.3 Å². The van der Waals surface area contributed by atoms with E-state index in [2.05, 4.69) is 0 Å². The maximum absolute atomic E-state index is 10.6. The van der Waals surface area contributed by atoms with Gasteiger partial charge >= 0.3 is 5.97 Å². The van der Waals surface area contributed by atoms with Crippen LogP contribution >= 0.6 is 0 Å². The van der Waals surface area contributed by atoms with Crippen molar-refractivity contribution in [3.8, 4) is 5.75 Å². The minimum atomic E-state index is -0.872. The third kappa shape index (κ3) is 2.40. The highest BCUT2D eigenvalue weighted by molar-refractivity contribution is 6.21. The number of benzene rings is 1. The normalized spacial score (nSPS) is 9.38. The van der Waals surface area contributed by atoms with Crippen LogP contribution in [-0.2, 0) is 9.59 Å². The Labute approximate surface area is 76.3 Å². The van der Waals surface area contributed by atoms with E-state index >= 15 is 0 Å². The van der Waals surface area contributed by atoms with Crippen LogP contribution in [0.1, 0.15) is 11.1 Å². The highest BCUT2D eigenvalue weighted by atomic mass is 16.5. The van der Waals surface area contributed by atoms with E-state index in [-0.39, 0.29) is 6.29 Å². The summed E-state index contributed by atoms with van der Waals surface area (Å²) in [6.45, 7) is 3.87. The Hall–Kier alpha value is -1.64. The number of rotatable bonds is 2. The number of carbonyl (C=O) groups is 2. The van der Waals surface area contributed by atoms with Crippen LogP contribution < -0.4 is 4.74 Å². The molecule has 0 atom stereocenters. The van der Waals surface area contributed by atoms with Crippen molar-refractivity contribution in [1.29, 1.82) is 0 Å². The number of ether oxygens (including phenoxy) is 1. The summed E-state index contributed by atoms with van der Waals surface area (Å²) >= 11 is 0. The molecule has 0 unspecified atom stereocenters. The lowest BCUT2D eigenvalue weighted by molar-refractivity contribution is -0.141. The maximum atomic E-state index is 10.6. The van der Waals surface area contributed by atoms with Gasteiger partial charge in [0, 0.05) is 0 Å². The molecule has 1 aromatic rings. The summed E-state index contributed by atoms with van der Waals surface area (Å²) in [5, 5.41) is 0. The Morgan fingerprint density at radius 1 is 1.31 bits per heavy atom. The second-order valence-corrected chi connectivity index (χ2v) is 2.79. The van der Waals surface area contributed by atoms with E-state index in [1.54, 1.807) is 12.1 Å². The molecule has 0 saturated carbocycles. The molecular weight excluding hydrogens is 168 g/mol. The van der Waals surface area contributed by atoms with Crippen molar-refractivity contribution in [2.75, 3.05) is 0 Å². The molecule has 0 amide bonds. The zero-order valence-corrected chi connectivity index (χ0v) is 7.53. The molecule has 0 radical (unpaired) electrons. The van der Waals surface area contributed by atoms with E-state index in [9.17, 15) is 9.59 Å². The molecule has 0 aliphatic rings. The molecule has 0 heterocycles. The lowest BCUT2D eigenvalue weighted by atomic mass is 10.1. The van der Waals surface area contributed by atoms with Crippen molar-refractivity contribution in [2.24, 2.45) is 0 Å². The zero-order valence-electron chi connectivity index (χ0n) is 7.53. The predicted octanol–water partition coefficient (Wildman–Crippen LogP) is 1.41. The lowest BCUT2D eigenvalue weighted by Crippen LogP contribution is -2.08. The Morgan fingerprint density at radius 2 is 2.00 bits per heavy atom. The first kappa shape index (κ1) is 9.45. The fraction of sp³-hybridized carbons (Fsp3) is 0.200. The van der Waals surface area contributed by atoms with Crippen LogP contribution in [0.2, 0.25) is 0 Å². The van der Waals surface area contributed by atoms with E-state index in [0.29, 0.717) is 5.75 Å². The van der Waals surface area contributed by atoms with Gasteiger partial charge in [0.2, 0.25) is 6.29 Å². The van der Waals surface area contributed by atoms with E-state index in [1.807, 2.05) is 19.9 Å². The van der Waals surface area contributed by atoms with Crippen molar-refractivity contribution < 1.29 is 14.3 Å². The number of carbonyl (C=O) groups excluding carboxylic acids is 2. The summed E-state index contributed by atoms with van der Waals surface area (Å²) in [4.78, 5) is 20.6. The van der Waals surface area contributed by atoms with Crippen LogP contribution in [0.4, 0.5) is 0 Å². The van der Waals surface area contributed by atoms with Gasteiger partial charge in [-0.25, -0.2) is 4.79 Å². The van der Waals surface area contributed by atoms with Gasteiger partial charge < -0.3 is 4.74 Å². The number of hydrogen-bond donors (Lipinski definition) is 0. The summed E-state index contributed by atoms with van der Waals surface area (Å²) < 4.78 is 4.69. The molecule has 0 saturated heterocycles. The average molecular weight is 178 g/mol. The molecule has 0 aliphatic carbocycles. The quantitative estimate of drug-likeness (QED) is 0.297. The SMILES string of the molecule is Cc1ccc(OC(=O)C=O)cc1C. The Kier molecular flexibility index (Phi) is 2.80. The fourth-order valence-corrected chi connectivity index (χ4v) is 0.918. The van der Waals surface area contributed by atoms with E-state index < -0.39 is 5.97 Å². The van der Waals surface area contributed by atoms with Gasteiger partial charge in [-0.05, 0) is 37.1 Å². The fourth-order valence-electron chi connectivity index (χ4n) is 0.918. The molecule has 1 rings (SSSR count). The van der Waals surface area contributed by atoms with Crippen LogP contribution in [0.3, 0.4) is 0 Å². The molecule has 0 fully saturated rings. The first-order chi connectivity index (χ1) is 6.13. The minimum absolute atomic E-state index is 0.148. The Balaban J connectivity index is 2.85.